The normalized spacial score (nSPS) is 13.8. The van der Waals surface area contributed by atoms with E-state index in [1.54, 1.807) is 13.0 Å². The smallest absolute Gasteiger partial charge is 0.744 e. The van der Waals surface area contributed by atoms with E-state index in [1.165, 1.54) is 18.2 Å². The summed E-state index contributed by atoms with van der Waals surface area (Å²) in [6.45, 7) is 3.57. The Morgan fingerprint density at radius 3 is 2.44 bits per heavy atom. The van der Waals surface area contributed by atoms with Gasteiger partial charge in [-0.15, -0.1) is 0 Å². The SMILES string of the molecule is CCC(C)/[N+]([O-])=C/c1ccccc1S(=O)(=O)[O-].[Na+]. The van der Waals surface area contributed by atoms with E-state index in [2.05, 4.69) is 0 Å². The first kappa shape index (κ1) is 17.6. The third kappa shape index (κ3) is 4.70. The summed E-state index contributed by atoms with van der Waals surface area (Å²) in [5.41, 5.74) is 0.123. The summed E-state index contributed by atoms with van der Waals surface area (Å²) >= 11 is 0. The molecule has 0 bridgehead atoms. The van der Waals surface area contributed by atoms with E-state index in [9.17, 15) is 18.2 Å². The van der Waals surface area contributed by atoms with Crippen molar-refractivity contribution in [3.05, 3.63) is 35.0 Å². The minimum Gasteiger partial charge on any atom is -0.744 e. The molecule has 0 fully saturated rings. The molecule has 0 radical (unpaired) electrons. The molecule has 1 aromatic rings. The molecule has 18 heavy (non-hydrogen) atoms. The van der Waals surface area contributed by atoms with Crippen molar-refractivity contribution in [2.24, 2.45) is 0 Å². The van der Waals surface area contributed by atoms with Crippen LogP contribution in [0.15, 0.2) is 29.2 Å². The van der Waals surface area contributed by atoms with E-state index < -0.39 is 10.1 Å². The van der Waals surface area contributed by atoms with Gasteiger partial charge in [0, 0.05) is 6.42 Å². The van der Waals surface area contributed by atoms with Gasteiger partial charge >= 0.3 is 29.6 Å². The van der Waals surface area contributed by atoms with Crippen molar-refractivity contribution in [1.82, 2.24) is 0 Å². The molecule has 0 amide bonds. The quantitative estimate of drug-likeness (QED) is 0.165. The van der Waals surface area contributed by atoms with Gasteiger partial charge in [-0.05, 0) is 19.1 Å². The van der Waals surface area contributed by atoms with Crippen LogP contribution in [0, 0.1) is 5.21 Å². The fraction of sp³-hybridized carbons (Fsp3) is 0.364. The van der Waals surface area contributed by atoms with Gasteiger partial charge in [-0.25, -0.2) is 13.2 Å². The Labute approximate surface area is 129 Å². The van der Waals surface area contributed by atoms with Crippen LogP contribution in [0.1, 0.15) is 25.8 Å². The fourth-order valence-electron chi connectivity index (χ4n) is 1.26. The number of benzene rings is 1. The van der Waals surface area contributed by atoms with Gasteiger partial charge in [-0.3, -0.25) is 0 Å². The zero-order valence-electron chi connectivity index (χ0n) is 10.7. The molecule has 1 aromatic carbocycles. The van der Waals surface area contributed by atoms with Gasteiger partial charge in [0.2, 0.25) is 0 Å². The fourth-order valence-corrected chi connectivity index (χ4v) is 1.91. The molecule has 94 valence electrons. The third-order valence-electron chi connectivity index (χ3n) is 2.48. The number of rotatable bonds is 4. The summed E-state index contributed by atoms with van der Waals surface area (Å²) in [6.07, 6.45) is 1.77. The summed E-state index contributed by atoms with van der Waals surface area (Å²) in [5, 5.41) is 11.6. The Hall–Kier alpha value is -0.400. The topological polar surface area (TPSA) is 83.3 Å². The number of hydrogen-bond donors (Lipinski definition) is 0. The summed E-state index contributed by atoms with van der Waals surface area (Å²) in [4.78, 5) is -0.371. The first-order valence-electron chi connectivity index (χ1n) is 5.21. The van der Waals surface area contributed by atoms with Crippen LogP contribution in [0.5, 0.6) is 0 Å². The van der Waals surface area contributed by atoms with Crippen molar-refractivity contribution >= 4 is 16.3 Å². The van der Waals surface area contributed by atoms with Crippen molar-refractivity contribution < 1.29 is 47.3 Å². The summed E-state index contributed by atoms with van der Waals surface area (Å²) in [6, 6.07) is 5.37. The maximum absolute atomic E-state index is 11.6. The Bertz CT molecular complexity index is 528. The van der Waals surface area contributed by atoms with E-state index in [1.807, 2.05) is 6.92 Å². The second-order valence-electron chi connectivity index (χ2n) is 3.74. The molecule has 0 saturated heterocycles. The van der Waals surface area contributed by atoms with Crippen LogP contribution in [-0.2, 0) is 10.1 Å². The molecule has 1 rings (SSSR count). The van der Waals surface area contributed by atoms with Crippen LogP contribution >= 0.6 is 0 Å². The average molecular weight is 279 g/mol. The van der Waals surface area contributed by atoms with Crippen molar-refractivity contribution in [2.75, 3.05) is 0 Å². The summed E-state index contributed by atoms with van der Waals surface area (Å²) < 4.78 is 33.6. The van der Waals surface area contributed by atoms with Crippen LogP contribution in [0.4, 0.5) is 0 Å². The maximum atomic E-state index is 11.6. The van der Waals surface area contributed by atoms with Crippen LogP contribution in [0.25, 0.3) is 0 Å². The molecule has 0 aromatic heterocycles. The van der Waals surface area contributed by atoms with E-state index in [4.69, 9.17) is 0 Å². The molecule has 0 N–H and O–H groups in total. The van der Waals surface area contributed by atoms with Gasteiger partial charge in [0.25, 0.3) is 0 Å². The molecule has 1 unspecified atom stereocenters. The van der Waals surface area contributed by atoms with E-state index in [-0.39, 0.29) is 46.1 Å². The molecule has 1 atom stereocenters. The van der Waals surface area contributed by atoms with Gasteiger partial charge in [-0.2, -0.15) is 0 Å². The number of nitrogens with zero attached hydrogens (tertiary/aromatic N) is 1. The summed E-state index contributed by atoms with van der Waals surface area (Å²) in [5.74, 6) is 0. The van der Waals surface area contributed by atoms with Crippen LogP contribution < -0.4 is 29.6 Å². The molecule has 0 saturated carbocycles. The van der Waals surface area contributed by atoms with Crippen LogP contribution in [0.2, 0.25) is 0 Å². The zero-order chi connectivity index (χ0) is 13.1. The van der Waals surface area contributed by atoms with Gasteiger partial charge < -0.3 is 9.76 Å². The second-order valence-corrected chi connectivity index (χ2v) is 5.09. The van der Waals surface area contributed by atoms with E-state index in [0.717, 1.165) is 6.21 Å². The third-order valence-corrected chi connectivity index (χ3v) is 3.39. The molecule has 0 spiro atoms. The molecule has 7 heteroatoms. The van der Waals surface area contributed by atoms with Gasteiger partial charge in [0.05, 0.1) is 10.5 Å². The van der Waals surface area contributed by atoms with Crippen molar-refractivity contribution in [3.63, 3.8) is 0 Å². The second kappa shape index (κ2) is 7.25. The minimum absolute atomic E-state index is 0. The van der Waals surface area contributed by atoms with Gasteiger partial charge in [0.15, 0.2) is 12.3 Å². The van der Waals surface area contributed by atoms with Crippen LogP contribution in [0.3, 0.4) is 0 Å². The Kier molecular flexibility index (Phi) is 7.09. The number of hydroxylamine groups is 1. The van der Waals surface area contributed by atoms with Gasteiger partial charge in [-0.1, -0.05) is 19.1 Å². The van der Waals surface area contributed by atoms with Gasteiger partial charge in [0.1, 0.15) is 10.1 Å². The monoisotopic (exact) mass is 279 g/mol. The first-order valence-corrected chi connectivity index (χ1v) is 6.62. The predicted octanol–water partition coefficient (Wildman–Crippen LogP) is -1.68. The maximum Gasteiger partial charge on any atom is 1.00 e. The Morgan fingerprint density at radius 2 is 1.94 bits per heavy atom. The molecular formula is C11H14NNaO4S. The van der Waals surface area contributed by atoms with Crippen molar-refractivity contribution in [2.45, 2.75) is 31.2 Å². The molecule has 0 aliphatic heterocycles. The summed E-state index contributed by atoms with van der Waals surface area (Å²) in [7, 11) is -4.56. The van der Waals surface area contributed by atoms with E-state index >= 15 is 0 Å². The molecule has 0 aliphatic rings. The molecular weight excluding hydrogens is 265 g/mol. The molecule has 5 nitrogen and oxygen atoms in total. The van der Waals surface area contributed by atoms with E-state index in [0.29, 0.717) is 11.2 Å². The standard InChI is InChI=1S/C11H15NO4S.Na/c1-3-9(2)12(13)8-10-6-4-5-7-11(10)17(14,15)16;/h4-9H,3H2,1-2H3,(H,14,15,16);/q;+1/p-1/b12-8-;. The first-order chi connectivity index (χ1) is 7.86. The minimum atomic E-state index is -4.56. The van der Waals surface area contributed by atoms with Crippen LogP contribution in [-0.4, -0.2) is 30.0 Å². The average Bonchev–Trinajstić information content (AvgIpc) is 2.27. The molecule has 0 heterocycles. The van der Waals surface area contributed by atoms with Crippen molar-refractivity contribution in [1.29, 1.82) is 0 Å². The largest absolute Gasteiger partial charge is 1.00 e. The molecule has 0 aliphatic carbocycles. The predicted molar refractivity (Wildman–Crippen MR) is 63.0 cm³/mol. The Morgan fingerprint density at radius 1 is 1.39 bits per heavy atom. The number of hydrogen-bond acceptors (Lipinski definition) is 4. The van der Waals surface area contributed by atoms with Crippen molar-refractivity contribution in [3.8, 4) is 0 Å². The zero-order valence-corrected chi connectivity index (χ0v) is 13.5. The Balaban J connectivity index is 0.00000289.